The Morgan fingerprint density at radius 2 is 1.75 bits per heavy atom. The monoisotopic (exact) mass is 321 g/mol. The molecule has 0 radical (unpaired) electrons. The summed E-state index contributed by atoms with van der Waals surface area (Å²) in [7, 11) is 0. The van der Waals surface area contributed by atoms with E-state index in [0.29, 0.717) is 5.56 Å². The van der Waals surface area contributed by atoms with Gasteiger partial charge in [-0.3, -0.25) is 4.79 Å². The van der Waals surface area contributed by atoms with Gasteiger partial charge in [0.1, 0.15) is 0 Å². The molecule has 0 aliphatic heterocycles. The van der Waals surface area contributed by atoms with Crippen molar-refractivity contribution in [2.45, 2.75) is 20.8 Å². The van der Waals surface area contributed by atoms with Crippen LogP contribution in [0.3, 0.4) is 0 Å². The number of rotatable bonds is 3. The Hall–Kier alpha value is -2.88. The van der Waals surface area contributed by atoms with Gasteiger partial charge >= 0.3 is 5.97 Å². The highest BCUT2D eigenvalue weighted by Crippen LogP contribution is 2.32. The Morgan fingerprint density at radius 3 is 2.42 bits per heavy atom. The van der Waals surface area contributed by atoms with Crippen LogP contribution in [0, 0.1) is 5.41 Å². The predicted molar refractivity (Wildman–Crippen MR) is 94.5 cm³/mol. The van der Waals surface area contributed by atoms with E-state index in [1.807, 2.05) is 51.2 Å². The fourth-order valence-electron chi connectivity index (χ4n) is 2.79. The third-order valence-electron chi connectivity index (χ3n) is 4.03. The predicted octanol–water partition coefficient (Wildman–Crippen LogP) is 4.76. The number of nitrogens with one attached hydrogen (secondary N) is 1. The van der Waals surface area contributed by atoms with E-state index in [1.54, 1.807) is 18.2 Å². The Kier molecular flexibility index (Phi) is 3.76. The van der Waals surface area contributed by atoms with Gasteiger partial charge in [0, 0.05) is 28.1 Å². The molecular formula is C20H19NO3. The van der Waals surface area contributed by atoms with Crippen molar-refractivity contribution in [3.05, 3.63) is 59.8 Å². The number of hydrogen-bond acceptors (Lipinski definition) is 2. The summed E-state index contributed by atoms with van der Waals surface area (Å²) >= 11 is 0. The molecule has 1 heterocycles. The zero-order valence-corrected chi connectivity index (χ0v) is 13.9. The first-order chi connectivity index (χ1) is 11.3. The summed E-state index contributed by atoms with van der Waals surface area (Å²) in [6, 6.07) is 12.4. The maximum Gasteiger partial charge on any atom is 0.335 e. The molecule has 122 valence electrons. The highest BCUT2D eigenvalue weighted by molar-refractivity contribution is 6.06. The first kappa shape index (κ1) is 16.0. The Bertz CT molecular complexity index is 945. The van der Waals surface area contributed by atoms with Crippen molar-refractivity contribution >= 4 is 22.7 Å². The minimum absolute atomic E-state index is 0.0506. The number of H-pyrrole nitrogens is 1. The molecule has 24 heavy (non-hydrogen) atoms. The molecule has 0 saturated carbocycles. The molecule has 2 aromatic carbocycles. The summed E-state index contributed by atoms with van der Waals surface area (Å²) in [6.45, 7) is 5.66. The number of ketones is 1. The van der Waals surface area contributed by atoms with Crippen LogP contribution in [-0.2, 0) is 0 Å². The van der Waals surface area contributed by atoms with E-state index in [-0.39, 0.29) is 11.3 Å². The summed E-state index contributed by atoms with van der Waals surface area (Å²) in [5.74, 6) is -0.918. The maximum absolute atomic E-state index is 12.7. The van der Waals surface area contributed by atoms with Crippen molar-refractivity contribution in [3.63, 3.8) is 0 Å². The second kappa shape index (κ2) is 5.64. The lowest BCUT2D eigenvalue weighted by Gasteiger charge is -2.17. The minimum Gasteiger partial charge on any atom is -0.478 e. The second-order valence-corrected chi connectivity index (χ2v) is 6.93. The summed E-state index contributed by atoms with van der Waals surface area (Å²) in [4.78, 5) is 27.1. The molecule has 0 aliphatic rings. The van der Waals surface area contributed by atoms with Gasteiger partial charge in [0.25, 0.3) is 0 Å². The molecule has 1 aromatic heterocycles. The third kappa shape index (κ3) is 2.83. The zero-order chi connectivity index (χ0) is 17.5. The number of benzene rings is 2. The summed E-state index contributed by atoms with van der Waals surface area (Å²) in [5, 5.41) is 10.2. The van der Waals surface area contributed by atoms with E-state index in [4.69, 9.17) is 0 Å². The topological polar surface area (TPSA) is 70.2 Å². The van der Waals surface area contributed by atoms with E-state index in [0.717, 1.165) is 22.0 Å². The Labute approximate surface area is 140 Å². The molecule has 3 rings (SSSR count). The molecule has 0 aliphatic carbocycles. The fraction of sp³-hybridized carbons (Fsp3) is 0.200. The first-order valence-corrected chi connectivity index (χ1v) is 7.77. The van der Waals surface area contributed by atoms with Crippen molar-refractivity contribution in [2.75, 3.05) is 0 Å². The van der Waals surface area contributed by atoms with Gasteiger partial charge in [-0.2, -0.15) is 0 Å². The Balaban J connectivity index is 2.24. The first-order valence-electron chi connectivity index (χ1n) is 7.77. The smallest absolute Gasteiger partial charge is 0.335 e. The molecule has 0 bridgehead atoms. The number of aromatic amines is 1. The van der Waals surface area contributed by atoms with Gasteiger partial charge in [-0.1, -0.05) is 32.9 Å². The largest absolute Gasteiger partial charge is 0.478 e. The minimum atomic E-state index is -0.968. The number of aromatic nitrogens is 1. The lowest BCUT2D eigenvalue weighted by atomic mass is 9.85. The van der Waals surface area contributed by atoms with Crippen molar-refractivity contribution in [3.8, 4) is 11.1 Å². The number of carbonyl (C=O) groups is 2. The fourth-order valence-corrected chi connectivity index (χ4v) is 2.79. The van der Waals surface area contributed by atoms with Gasteiger partial charge < -0.3 is 10.1 Å². The van der Waals surface area contributed by atoms with E-state index in [9.17, 15) is 14.7 Å². The highest BCUT2D eigenvalue weighted by Gasteiger charge is 2.24. The molecule has 0 amide bonds. The lowest BCUT2D eigenvalue weighted by molar-refractivity contribution is 0.0696. The number of hydrogen-bond donors (Lipinski definition) is 2. The van der Waals surface area contributed by atoms with Crippen molar-refractivity contribution < 1.29 is 14.7 Å². The molecule has 4 nitrogen and oxygen atoms in total. The molecule has 0 fully saturated rings. The van der Waals surface area contributed by atoms with Gasteiger partial charge in [-0.15, -0.1) is 0 Å². The average molecular weight is 321 g/mol. The van der Waals surface area contributed by atoms with E-state index in [2.05, 4.69) is 4.98 Å². The molecule has 2 N–H and O–H groups in total. The average Bonchev–Trinajstić information content (AvgIpc) is 3.00. The number of aromatic carboxylic acids is 1. The van der Waals surface area contributed by atoms with E-state index in [1.165, 1.54) is 0 Å². The van der Waals surface area contributed by atoms with Crippen LogP contribution in [0.15, 0.2) is 48.7 Å². The molecule has 0 atom stereocenters. The van der Waals surface area contributed by atoms with E-state index >= 15 is 0 Å². The molecule has 3 aromatic rings. The van der Waals surface area contributed by atoms with Gasteiger partial charge in [-0.25, -0.2) is 4.79 Å². The number of fused-ring (bicyclic) bond motifs is 1. The standard InChI is InChI=1S/C20H19NO3/c1-20(2,3)18(22)14-10-16(15-7-8-21-17(15)11-14)12-5-4-6-13(9-12)19(23)24/h4-11,21H,1-3H3,(H,23,24). The number of carboxylic acid groups (broad SMARTS) is 1. The van der Waals surface area contributed by atoms with Crippen molar-refractivity contribution in [2.24, 2.45) is 5.41 Å². The Morgan fingerprint density at radius 1 is 1.00 bits per heavy atom. The van der Waals surface area contributed by atoms with Crippen LogP contribution in [0.4, 0.5) is 0 Å². The zero-order valence-electron chi connectivity index (χ0n) is 13.9. The lowest BCUT2D eigenvalue weighted by Crippen LogP contribution is -2.20. The van der Waals surface area contributed by atoms with Crippen LogP contribution in [0.2, 0.25) is 0 Å². The van der Waals surface area contributed by atoms with Crippen molar-refractivity contribution in [1.29, 1.82) is 0 Å². The van der Waals surface area contributed by atoms with Crippen LogP contribution < -0.4 is 0 Å². The normalized spacial score (nSPS) is 11.6. The number of Topliss-reactive ketones (excluding diaryl/α,β-unsaturated/α-hetero) is 1. The maximum atomic E-state index is 12.7. The van der Waals surface area contributed by atoms with Crippen LogP contribution >= 0.6 is 0 Å². The second-order valence-electron chi connectivity index (χ2n) is 6.93. The van der Waals surface area contributed by atoms with Gasteiger partial charge in [-0.05, 0) is 41.5 Å². The van der Waals surface area contributed by atoms with Gasteiger partial charge in [0.2, 0.25) is 0 Å². The van der Waals surface area contributed by atoms with Crippen molar-refractivity contribution in [1.82, 2.24) is 4.98 Å². The molecule has 0 spiro atoms. The van der Waals surface area contributed by atoms with E-state index < -0.39 is 11.4 Å². The quantitative estimate of drug-likeness (QED) is 0.683. The highest BCUT2D eigenvalue weighted by atomic mass is 16.4. The molecule has 0 unspecified atom stereocenters. The SMILES string of the molecule is CC(C)(C)C(=O)c1cc(-c2cccc(C(=O)O)c2)c2cc[nH]c2c1. The molecule has 0 saturated heterocycles. The van der Waals surface area contributed by atoms with Crippen LogP contribution in [0.5, 0.6) is 0 Å². The summed E-state index contributed by atoms with van der Waals surface area (Å²) < 4.78 is 0. The summed E-state index contributed by atoms with van der Waals surface area (Å²) in [5.41, 5.74) is 2.85. The van der Waals surface area contributed by atoms with Gasteiger partial charge in [0.15, 0.2) is 5.78 Å². The van der Waals surface area contributed by atoms with Gasteiger partial charge in [0.05, 0.1) is 5.56 Å². The van der Waals surface area contributed by atoms with Crippen LogP contribution in [-0.4, -0.2) is 21.8 Å². The number of carboxylic acids is 1. The molecule has 4 heteroatoms. The van der Waals surface area contributed by atoms with Crippen LogP contribution in [0.1, 0.15) is 41.5 Å². The molecular weight excluding hydrogens is 302 g/mol. The number of carbonyl (C=O) groups excluding carboxylic acids is 1. The van der Waals surface area contributed by atoms with Crippen LogP contribution in [0.25, 0.3) is 22.0 Å². The summed E-state index contributed by atoms with van der Waals surface area (Å²) in [6.07, 6.45) is 1.82. The third-order valence-corrected chi connectivity index (χ3v) is 4.03.